The maximum absolute atomic E-state index is 13.6. The molecule has 2 rings (SSSR count). The van der Waals surface area contributed by atoms with Gasteiger partial charge in [-0.1, -0.05) is 6.42 Å². The van der Waals surface area contributed by atoms with Gasteiger partial charge in [0.1, 0.15) is 11.6 Å². The third-order valence-corrected chi connectivity index (χ3v) is 3.89. The molecule has 1 aromatic rings. The van der Waals surface area contributed by atoms with Crippen LogP contribution in [0.1, 0.15) is 44.2 Å². The Balaban J connectivity index is 1.90. The lowest BCUT2D eigenvalue weighted by molar-refractivity contribution is 0.0997. The maximum atomic E-state index is 13.6. The Morgan fingerprint density at radius 3 is 2.89 bits per heavy atom. The van der Waals surface area contributed by atoms with Gasteiger partial charge < -0.3 is 10.4 Å². The molecule has 0 aromatic heterocycles. The highest BCUT2D eigenvalue weighted by Gasteiger charge is 2.21. The van der Waals surface area contributed by atoms with Gasteiger partial charge >= 0.3 is 0 Å². The average molecular weight is 269 g/mol. The molecule has 2 nitrogen and oxygen atoms in total. The number of hydrogen-bond donors (Lipinski definition) is 2. The molecule has 4 heteroatoms. The predicted octanol–water partition coefficient (Wildman–Crippen LogP) is 3.17. The SMILES string of the molecule is CC(NCC1CCCC(O)C1)c1cc(F)ccc1F. The zero-order valence-corrected chi connectivity index (χ0v) is 11.2. The van der Waals surface area contributed by atoms with E-state index in [9.17, 15) is 13.9 Å². The van der Waals surface area contributed by atoms with Gasteiger partial charge in [0.2, 0.25) is 0 Å². The molecule has 3 atom stereocenters. The lowest BCUT2D eigenvalue weighted by Gasteiger charge is -2.27. The highest BCUT2D eigenvalue weighted by Crippen LogP contribution is 2.25. The zero-order valence-electron chi connectivity index (χ0n) is 11.2. The monoisotopic (exact) mass is 269 g/mol. The number of aliphatic hydroxyl groups excluding tert-OH is 1. The minimum Gasteiger partial charge on any atom is -0.393 e. The van der Waals surface area contributed by atoms with Crippen molar-refractivity contribution in [1.29, 1.82) is 0 Å². The smallest absolute Gasteiger partial charge is 0.128 e. The average Bonchev–Trinajstić information content (AvgIpc) is 2.39. The number of rotatable bonds is 4. The zero-order chi connectivity index (χ0) is 13.8. The molecule has 1 aliphatic carbocycles. The fraction of sp³-hybridized carbons (Fsp3) is 0.600. The Hall–Kier alpha value is -1.00. The molecule has 0 spiro atoms. The van der Waals surface area contributed by atoms with Crippen LogP contribution in [0.2, 0.25) is 0 Å². The first kappa shape index (κ1) is 14.4. The molecule has 3 unspecified atom stereocenters. The van der Waals surface area contributed by atoms with E-state index in [0.29, 0.717) is 11.5 Å². The van der Waals surface area contributed by atoms with Crippen molar-refractivity contribution in [3.05, 3.63) is 35.4 Å². The van der Waals surface area contributed by atoms with Gasteiger partial charge in [0, 0.05) is 11.6 Å². The van der Waals surface area contributed by atoms with E-state index in [1.54, 1.807) is 0 Å². The van der Waals surface area contributed by atoms with E-state index < -0.39 is 5.82 Å². The van der Waals surface area contributed by atoms with Gasteiger partial charge in [0.15, 0.2) is 0 Å². The van der Waals surface area contributed by atoms with E-state index in [1.807, 2.05) is 6.92 Å². The van der Waals surface area contributed by atoms with Gasteiger partial charge in [-0.3, -0.25) is 0 Å². The van der Waals surface area contributed by atoms with Gasteiger partial charge in [0.25, 0.3) is 0 Å². The molecule has 0 bridgehead atoms. The normalized spacial score (nSPS) is 25.3. The van der Waals surface area contributed by atoms with Crippen molar-refractivity contribution in [2.75, 3.05) is 6.54 Å². The number of nitrogens with one attached hydrogen (secondary N) is 1. The molecular formula is C15H21F2NO. The molecular weight excluding hydrogens is 248 g/mol. The summed E-state index contributed by atoms with van der Waals surface area (Å²) in [5.74, 6) is -0.383. The Morgan fingerprint density at radius 2 is 2.16 bits per heavy atom. The van der Waals surface area contributed by atoms with Crippen LogP contribution in [-0.4, -0.2) is 17.8 Å². The van der Waals surface area contributed by atoms with Crippen LogP contribution >= 0.6 is 0 Å². The lowest BCUT2D eigenvalue weighted by atomic mass is 9.87. The molecule has 1 saturated carbocycles. The summed E-state index contributed by atoms with van der Waals surface area (Å²) >= 11 is 0. The maximum Gasteiger partial charge on any atom is 0.128 e. The third-order valence-electron chi connectivity index (χ3n) is 3.89. The summed E-state index contributed by atoms with van der Waals surface area (Å²) in [5, 5.41) is 12.8. The second-order valence-corrected chi connectivity index (χ2v) is 5.48. The molecule has 0 radical (unpaired) electrons. The summed E-state index contributed by atoms with van der Waals surface area (Å²) in [5.41, 5.74) is 0.358. The predicted molar refractivity (Wildman–Crippen MR) is 70.7 cm³/mol. The fourth-order valence-corrected chi connectivity index (χ4v) is 2.75. The highest BCUT2D eigenvalue weighted by molar-refractivity contribution is 5.21. The van der Waals surface area contributed by atoms with E-state index in [4.69, 9.17) is 0 Å². The van der Waals surface area contributed by atoms with Crippen LogP contribution in [0, 0.1) is 17.6 Å². The third kappa shape index (κ3) is 3.98. The molecule has 106 valence electrons. The quantitative estimate of drug-likeness (QED) is 0.880. The second-order valence-electron chi connectivity index (χ2n) is 5.48. The first-order valence-electron chi connectivity index (χ1n) is 6.92. The van der Waals surface area contributed by atoms with Crippen molar-refractivity contribution in [2.45, 2.75) is 44.8 Å². The molecule has 19 heavy (non-hydrogen) atoms. The largest absolute Gasteiger partial charge is 0.393 e. The van der Waals surface area contributed by atoms with Crippen LogP contribution in [0.15, 0.2) is 18.2 Å². The van der Waals surface area contributed by atoms with Gasteiger partial charge in [-0.25, -0.2) is 8.78 Å². The number of halogens is 2. The Morgan fingerprint density at radius 1 is 1.37 bits per heavy atom. The summed E-state index contributed by atoms with van der Waals surface area (Å²) in [6.07, 6.45) is 3.59. The van der Waals surface area contributed by atoms with Crippen LogP contribution in [-0.2, 0) is 0 Å². The van der Waals surface area contributed by atoms with E-state index in [0.717, 1.165) is 44.4 Å². The summed E-state index contributed by atoms with van der Waals surface area (Å²) in [4.78, 5) is 0. The van der Waals surface area contributed by atoms with E-state index in [2.05, 4.69) is 5.32 Å². The molecule has 0 saturated heterocycles. The topological polar surface area (TPSA) is 32.3 Å². The number of benzene rings is 1. The van der Waals surface area contributed by atoms with Crippen LogP contribution in [0.25, 0.3) is 0 Å². The van der Waals surface area contributed by atoms with Gasteiger partial charge in [0.05, 0.1) is 6.10 Å². The van der Waals surface area contributed by atoms with E-state index in [-0.39, 0.29) is 18.0 Å². The Bertz CT molecular complexity index is 425. The van der Waals surface area contributed by atoms with Gasteiger partial charge in [-0.2, -0.15) is 0 Å². The Labute approximate surface area is 112 Å². The van der Waals surface area contributed by atoms with Crippen LogP contribution in [0.5, 0.6) is 0 Å². The minimum absolute atomic E-state index is 0.207. The van der Waals surface area contributed by atoms with Crippen LogP contribution < -0.4 is 5.32 Å². The number of hydrogen-bond acceptors (Lipinski definition) is 2. The molecule has 1 fully saturated rings. The van der Waals surface area contributed by atoms with E-state index in [1.165, 1.54) is 6.07 Å². The summed E-state index contributed by atoms with van der Waals surface area (Å²) < 4.78 is 26.7. The first-order chi connectivity index (χ1) is 9.06. The minimum atomic E-state index is -0.418. The second kappa shape index (κ2) is 6.44. The fourth-order valence-electron chi connectivity index (χ4n) is 2.75. The van der Waals surface area contributed by atoms with Crippen molar-refractivity contribution < 1.29 is 13.9 Å². The molecule has 1 aliphatic rings. The van der Waals surface area contributed by atoms with Crippen LogP contribution in [0.4, 0.5) is 8.78 Å². The molecule has 1 aromatic carbocycles. The molecule has 2 N–H and O–H groups in total. The van der Waals surface area contributed by atoms with Crippen molar-refractivity contribution >= 4 is 0 Å². The number of aliphatic hydroxyl groups is 1. The van der Waals surface area contributed by atoms with Gasteiger partial charge in [-0.05, 0) is 56.8 Å². The van der Waals surface area contributed by atoms with E-state index >= 15 is 0 Å². The Kier molecular flexibility index (Phi) is 4.88. The van der Waals surface area contributed by atoms with Crippen molar-refractivity contribution in [2.24, 2.45) is 5.92 Å². The van der Waals surface area contributed by atoms with Crippen LogP contribution in [0.3, 0.4) is 0 Å². The lowest BCUT2D eigenvalue weighted by Crippen LogP contribution is -2.31. The summed E-state index contributed by atoms with van der Waals surface area (Å²) in [6.45, 7) is 2.56. The van der Waals surface area contributed by atoms with Crippen molar-refractivity contribution in [3.8, 4) is 0 Å². The molecule has 0 amide bonds. The first-order valence-corrected chi connectivity index (χ1v) is 6.92. The summed E-state index contributed by atoms with van der Waals surface area (Å²) in [7, 11) is 0. The summed E-state index contributed by atoms with van der Waals surface area (Å²) in [6, 6.07) is 3.30. The van der Waals surface area contributed by atoms with Crippen molar-refractivity contribution in [1.82, 2.24) is 5.32 Å². The standard InChI is InChI=1S/C15H21F2NO/c1-10(14-8-12(16)5-6-15(14)17)18-9-11-3-2-4-13(19)7-11/h5-6,8,10-11,13,18-19H,2-4,7,9H2,1H3. The van der Waals surface area contributed by atoms with Gasteiger partial charge in [-0.15, -0.1) is 0 Å². The highest BCUT2D eigenvalue weighted by atomic mass is 19.1. The van der Waals surface area contributed by atoms with Crippen molar-refractivity contribution in [3.63, 3.8) is 0 Å². The molecule has 0 heterocycles. The molecule has 0 aliphatic heterocycles.